The number of allylic oxidation sites excluding steroid dienone is 1. The molecule has 7 aromatic carbocycles. The first-order valence-electron chi connectivity index (χ1n) is 14.6. The summed E-state index contributed by atoms with van der Waals surface area (Å²) in [4.78, 5) is 0. The Morgan fingerprint density at radius 3 is 1.80 bits per heavy atom. The highest BCUT2D eigenvalue weighted by molar-refractivity contribution is 6.22. The second kappa shape index (κ2) is 9.61. The molecule has 0 N–H and O–H groups in total. The zero-order chi connectivity index (χ0) is 27.3. The van der Waals surface area contributed by atoms with Crippen molar-refractivity contribution in [3.63, 3.8) is 0 Å². The van der Waals surface area contributed by atoms with Crippen molar-refractivity contribution < 1.29 is 0 Å². The van der Waals surface area contributed by atoms with Crippen LogP contribution < -0.4 is 0 Å². The zero-order valence-electron chi connectivity index (χ0n) is 23.2. The summed E-state index contributed by atoms with van der Waals surface area (Å²) in [6.07, 6.45) is 4.64. The van der Waals surface area contributed by atoms with Crippen LogP contribution in [0.4, 0.5) is 0 Å². The van der Waals surface area contributed by atoms with Gasteiger partial charge >= 0.3 is 0 Å². The Hall–Kier alpha value is -4.94. The quantitative estimate of drug-likeness (QED) is 0.202. The van der Waals surface area contributed by atoms with Gasteiger partial charge in [0.15, 0.2) is 0 Å². The van der Waals surface area contributed by atoms with Gasteiger partial charge in [0.05, 0.1) is 0 Å². The van der Waals surface area contributed by atoms with Crippen LogP contribution in [-0.4, -0.2) is 0 Å². The highest BCUT2D eigenvalue weighted by Crippen LogP contribution is 2.45. The summed E-state index contributed by atoms with van der Waals surface area (Å²) in [5, 5.41) is 7.73. The Bertz CT molecular complexity index is 2100. The number of benzene rings is 7. The zero-order valence-corrected chi connectivity index (χ0v) is 23.2. The molecule has 0 saturated heterocycles. The van der Waals surface area contributed by atoms with Gasteiger partial charge in [0.25, 0.3) is 0 Å². The molecule has 0 atom stereocenters. The molecule has 0 aromatic heterocycles. The molecule has 0 nitrogen and oxygen atoms in total. The lowest BCUT2D eigenvalue weighted by Gasteiger charge is -2.21. The van der Waals surface area contributed by atoms with E-state index < -0.39 is 0 Å². The third-order valence-electron chi connectivity index (χ3n) is 8.85. The van der Waals surface area contributed by atoms with E-state index in [-0.39, 0.29) is 0 Å². The van der Waals surface area contributed by atoms with E-state index in [2.05, 4.69) is 146 Å². The van der Waals surface area contributed by atoms with Crippen molar-refractivity contribution in [2.45, 2.75) is 19.8 Å². The first kappa shape index (κ1) is 23.9. The number of aryl methyl sites for hydroxylation is 2. The minimum Gasteiger partial charge on any atom is -0.0757 e. The van der Waals surface area contributed by atoms with Gasteiger partial charge in [-0.2, -0.15) is 0 Å². The fraction of sp³-hybridized carbons (Fsp3) is 0.0732. The average Bonchev–Trinajstić information content (AvgIpc) is 3.03. The van der Waals surface area contributed by atoms with E-state index in [9.17, 15) is 0 Å². The molecule has 194 valence electrons. The summed E-state index contributed by atoms with van der Waals surface area (Å²) in [5.74, 6) is 0. The molecule has 0 bridgehead atoms. The van der Waals surface area contributed by atoms with Crippen molar-refractivity contribution in [2.75, 3.05) is 0 Å². The maximum absolute atomic E-state index is 2.42. The SMILES string of the molecule is Cc1cc(C2=CCCc3ccccc32)ccc1-c1c2ccccc2c(-c2ccc3ccccc3c2)c2ccccc12. The highest BCUT2D eigenvalue weighted by Gasteiger charge is 2.19. The molecule has 0 radical (unpaired) electrons. The normalized spacial score (nSPS) is 13.0. The molecule has 0 aliphatic heterocycles. The summed E-state index contributed by atoms with van der Waals surface area (Å²) >= 11 is 0. The summed E-state index contributed by atoms with van der Waals surface area (Å²) < 4.78 is 0. The minimum absolute atomic E-state index is 1.10. The van der Waals surface area contributed by atoms with Crippen molar-refractivity contribution in [3.8, 4) is 22.3 Å². The molecule has 1 aliphatic carbocycles. The van der Waals surface area contributed by atoms with Crippen molar-refractivity contribution in [1.82, 2.24) is 0 Å². The van der Waals surface area contributed by atoms with E-state index in [1.165, 1.54) is 82.4 Å². The largest absolute Gasteiger partial charge is 0.0757 e. The van der Waals surface area contributed by atoms with Crippen LogP contribution in [0.5, 0.6) is 0 Å². The maximum atomic E-state index is 2.42. The standard InChI is InChI=1S/C41H30/c1-27-25-31(35-20-10-14-29-12-4-5-15-34(29)35)23-24-33(27)41-38-18-8-6-16-36(38)40(37-17-7-9-19-39(37)41)32-22-21-28-11-2-3-13-30(28)26-32/h2-9,11-13,15-26H,10,14H2,1H3. The molecule has 8 rings (SSSR count). The Morgan fingerprint density at radius 2 is 1.07 bits per heavy atom. The first-order chi connectivity index (χ1) is 20.3. The Morgan fingerprint density at radius 1 is 0.463 bits per heavy atom. The summed E-state index contributed by atoms with van der Waals surface area (Å²) in [6, 6.07) is 49.4. The van der Waals surface area contributed by atoms with Gasteiger partial charge in [0.1, 0.15) is 0 Å². The lowest BCUT2D eigenvalue weighted by atomic mass is 9.83. The van der Waals surface area contributed by atoms with E-state index in [0.717, 1.165) is 12.8 Å². The van der Waals surface area contributed by atoms with Gasteiger partial charge in [-0.3, -0.25) is 0 Å². The Balaban J connectivity index is 1.36. The van der Waals surface area contributed by atoms with Crippen LogP contribution in [0.3, 0.4) is 0 Å². The van der Waals surface area contributed by atoms with E-state index in [4.69, 9.17) is 0 Å². The van der Waals surface area contributed by atoms with Crippen molar-refractivity contribution in [3.05, 3.63) is 162 Å². The molecule has 0 fully saturated rings. The van der Waals surface area contributed by atoms with Gasteiger partial charge in [0.2, 0.25) is 0 Å². The van der Waals surface area contributed by atoms with Gasteiger partial charge in [-0.15, -0.1) is 0 Å². The van der Waals surface area contributed by atoms with E-state index in [0.29, 0.717) is 0 Å². The van der Waals surface area contributed by atoms with Crippen molar-refractivity contribution in [2.24, 2.45) is 0 Å². The van der Waals surface area contributed by atoms with Gasteiger partial charge in [0, 0.05) is 0 Å². The summed E-state index contributed by atoms with van der Waals surface area (Å²) in [6.45, 7) is 2.27. The monoisotopic (exact) mass is 522 g/mol. The van der Waals surface area contributed by atoms with E-state index >= 15 is 0 Å². The molecule has 0 saturated carbocycles. The molecule has 7 aromatic rings. The molecular weight excluding hydrogens is 492 g/mol. The van der Waals surface area contributed by atoms with E-state index in [1.807, 2.05) is 0 Å². The topological polar surface area (TPSA) is 0 Å². The minimum atomic E-state index is 1.10. The predicted octanol–water partition coefficient (Wildman–Crippen LogP) is 11.2. The molecule has 0 heteroatoms. The third-order valence-corrected chi connectivity index (χ3v) is 8.85. The molecular formula is C41H30. The van der Waals surface area contributed by atoms with Crippen LogP contribution in [0.1, 0.15) is 28.7 Å². The van der Waals surface area contributed by atoms with Crippen molar-refractivity contribution in [1.29, 1.82) is 0 Å². The van der Waals surface area contributed by atoms with Gasteiger partial charge in [-0.05, 0) is 108 Å². The molecule has 0 unspecified atom stereocenters. The van der Waals surface area contributed by atoms with Gasteiger partial charge in [-0.25, -0.2) is 0 Å². The van der Waals surface area contributed by atoms with Crippen LogP contribution in [0.25, 0.3) is 60.1 Å². The molecule has 0 amide bonds. The van der Waals surface area contributed by atoms with Crippen LogP contribution in [0.2, 0.25) is 0 Å². The molecule has 0 heterocycles. The molecule has 41 heavy (non-hydrogen) atoms. The average molecular weight is 523 g/mol. The number of fused-ring (bicyclic) bond motifs is 4. The highest BCUT2D eigenvalue weighted by atomic mass is 14.2. The molecule has 1 aliphatic rings. The lowest BCUT2D eigenvalue weighted by molar-refractivity contribution is 0.977. The number of rotatable bonds is 3. The van der Waals surface area contributed by atoms with Gasteiger partial charge in [-0.1, -0.05) is 133 Å². The van der Waals surface area contributed by atoms with Crippen LogP contribution in [-0.2, 0) is 6.42 Å². The second-order valence-electron chi connectivity index (χ2n) is 11.2. The second-order valence-corrected chi connectivity index (χ2v) is 11.2. The first-order valence-corrected chi connectivity index (χ1v) is 14.6. The Labute approximate surface area is 241 Å². The fourth-order valence-electron chi connectivity index (χ4n) is 6.94. The van der Waals surface area contributed by atoms with E-state index in [1.54, 1.807) is 0 Å². The van der Waals surface area contributed by atoms with Crippen LogP contribution >= 0.6 is 0 Å². The summed E-state index contributed by atoms with van der Waals surface area (Å²) in [7, 11) is 0. The molecule has 0 spiro atoms. The smallest absolute Gasteiger partial charge is 0.00237 e. The predicted molar refractivity (Wildman–Crippen MR) is 176 cm³/mol. The maximum Gasteiger partial charge on any atom is -0.00237 e. The fourth-order valence-corrected chi connectivity index (χ4v) is 6.94. The Kier molecular flexibility index (Phi) is 5.60. The van der Waals surface area contributed by atoms with Crippen LogP contribution in [0.15, 0.2) is 140 Å². The summed E-state index contributed by atoms with van der Waals surface area (Å²) in [5.41, 5.74) is 12.0. The number of hydrogen-bond acceptors (Lipinski definition) is 0. The lowest BCUT2D eigenvalue weighted by Crippen LogP contribution is -2.01. The third kappa shape index (κ3) is 3.90. The van der Waals surface area contributed by atoms with Gasteiger partial charge < -0.3 is 0 Å². The number of hydrogen-bond donors (Lipinski definition) is 0. The van der Waals surface area contributed by atoms with Crippen molar-refractivity contribution >= 4 is 37.9 Å². The van der Waals surface area contributed by atoms with Crippen LogP contribution in [0, 0.1) is 6.92 Å².